The van der Waals surface area contributed by atoms with E-state index in [1.54, 1.807) is 0 Å². The Morgan fingerprint density at radius 3 is 2.62 bits per heavy atom. The summed E-state index contributed by atoms with van der Waals surface area (Å²) in [5.41, 5.74) is 0.790. The lowest BCUT2D eigenvalue weighted by molar-refractivity contribution is 0.0696. The van der Waals surface area contributed by atoms with Crippen molar-refractivity contribution in [2.24, 2.45) is 0 Å². The van der Waals surface area contributed by atoms with Gasteiger partial charge in [0.25, 0.3) is 10.0 Å². The summed E-state index contributed by atoms with van der Waals surface area (Å²) in [6.45, 7) is 0.436. The number of hydrogen-bond donors (Lipinski definition) is 2. The van der Waals surface area contributed by atoms with E-state index in [1.165, 1.54) is 17.1 Å². The normalized spacial score (nSPS) is 11.3. The molecule has 0 saturated heterocycles. The zero-order valence-electron chi connectivity index (χ0n) is 13.3. The van der Waals surface area contributed by atoms with Gasteiger partial charge in [0, 0.05) is 6.20 Å². The molecule has 1 aromatic heterocycles. The predicted molar refractivity (Wildman–Crippen MR) is 91.9 cm³/mol. The molecule has 0 fully saturated rings. The molecule has 3 aromatic rings. The number of carboxylic acid groups (broad SMARTS) is 1. The molecule has 0 aliphatic heterocycles. The molecule has 7 nitrogen and oxygen atoms in total. The highest BCUT2D eigenvalue weighted by Gasteiger charge is 2.22. The molecule has 0 saturated carbocycles. The second kappa shape index (κ2) is 6.96. The van der Waals surface area contributed by atoms with Crippen LogP contribution in [0.4, 0.5) is 10.1 Å². The van der Waals surface area contributed by atoms with Crippen molar-refractivity contribution in [3.05, 3.63) is 77.9 Å². The molecule has 0 amide bonds. The number of benzene rings is 2. The van der Waals surface area contributed by atoms with E-state index in [4.69, 9.17) is 5.11 Å². The fourth-order valence-electron chi connectivity index (χ4n) is 2.33. The first kappa shape index (κ1) is 17.6. The molecule has 0 bridgehead atoms. The maximum atomic E-state index is 13.9. The fourth-order valence-corrected chi connectivity index (χ4v) is 3.46. The molecule has 1 heterocycles. The molecule has 26 heavy (non-hydrogen) atoms. The summed E-state index contributed by atoms with van der Waals surface area (Å²) in [6, 6.07) is 12.0. The molecule has 0 aliphatic carbocycles. The lowest BCUT2D eigenvalue weighted by Crippen LogP contribution is -2.15. The molecule has 9 heteroatoms. The number of sulfonamides is 1. The molecular formula is C17H14FN3O4S. The van der Waals surface area contributed by atoms with Crippen molar-refractivity contribution < 1.29 is 22.7 Å². The van der Waals surface area contributed by atoms with E-state index >= 15 is 0 Å². The third-order valence-electron chi connectivity index (χ3n) is 3.54. The highest BCUT2D eigenvalue weighted by atomic mass is 32.2. The average molecular weight is 375 g/mol. The van der Waals surface area contributed by atoms with Crippen LogP contribution >= 0.6 is 0 Å². The molecule has 0 atom stereocenters. The topological polar surface area (TPSA) is 101 Å². The van der Waals surface area contributed by atoms with Gasteiger partial charge in [0.15, 0.2) is 0 Å². The van der Waals surface area contributed by atoms with Crippen molar-refractivity contribution in [3.8, 4) is 0 Å². The van der Waals surface area contributed by atoms with Gasteiger partial charge in [0.2, 0.25) is 0 Å². The maximum absolute atomic E-state index is 13.9. The lowest BCUT2D eigenvalue weighted by atomic mass is 10.2. The largest absolute Gasteiger partial charge is 0.478 e. The second-order valence-corrected chi connectivity index (χ2v) is 7.12. The van der Waals surface area contributed by atoms with Gasteiger partial charge in [-0.25, -0.2) is 17.6 Å². The van der Waals surface area contributed by atoms with Gasteiger partial charge in [-0.1, -0.05) is 30.3 Å². The molecule has 2 N–H and O–H groups in total. The van der Waals surface area contributed by atoms with Crippen LogP contribution in [0, 0.1) is 5.82 Å². The Morgan fingerprint density at radius 2 is 1.92 bits per heavy atom. The molecular weight excluding hydrogens is 361 g/mol. The van der Waals surface area contributed by atoms with Gasteiger partial charge in [-0.05, 0) is 23.8 Å². The van der Waals surface area contributed by atoms with E-state index in [0.29, 0.717) is 6.54 Å². The summed E-state index contributed by atoms with van der Waals surface area (Å²) in [7, 11) is -4.30. The SMILES string of the molecule is O=C(O)c1ccc(F)c(S(=O)(=O)Nc2cnn(Cc3ccccc3)c2)c1. The van der Waals surface area contributed by atoms with Crippen LogP contribution in [0.1, 0.15) is 15.9 Å². The summed E-state index contributed by atoms with van der Waals surface area (Å²) in [5, 5.41) is 13.0. The fraction of sp³-hybridized carbons (Fsp3) is 0.0588. The van der Waals surface area contributed by atoms with Gasteiger partial charge >= 0.3 is 5.97 Å². The summed E-state index contributed by atoms with van der Waals surface area (Å²) < 4.78 is 42.4. The van der Waals surface area contributed by atoms with Crippen LogP contribution < -0.4 is 4.72 Å². The van der Waals surface area contributed by atoms with E-state index in [2.05, 4.69) is 9.82 Å². The molecule has 0 spiro atoms. The molecule has 2 aromatic carbocycles. The molecule has 134 valence electrons. The lowest BCUT2D eigenvalue weighted by Gasteiger charge is -2.08. The predicted octanol–water partition coefficient (Wildman–Crippen LogP) is 2.57. The monoisotopic (exact) mass is 375 g/mol. The van der Waals surface area contributed by atoms with E-state index in [-0.39, 0.29) is 11.3 Å². The van der Waals surface area contributed by atoms with Gasteiger partial charge in [-0.15, -0.1) is 0 Å². The van der Waals surface area contributed by atoms with Crippen LogP contribution in [0.2, 0.25) is 0 Å². The van der Waals surface area contributed by atoms with Crippen LogP contribution in [0.5, 0.6) is 0 Å². The van der Waals surface area contributed by atoms with Gasteiger partial charge in [-0.3, -0.25) is 9.40 Å². The minimum Gasteiger partial charge on any atom is -0.478 e. The third kappa shape index (κ3) is 3.89. The van der Waals surface area contributed by atoms with Crippen molar-refractivity contribution in [1.82, 2.24) is 9.78 Å². The molecule has 0 unspecified atom stereocenters. The third-order valence-corrected chi connectivity index (χ3v) is 4.94. The van der Waals surface area contributed by atoms with Crippen molar-refractivity contribution in [2.75, 3.05) is 4.72 Å². The zero-order chi connectivity index (χ0) is 18.7. The van der Waals surface area contributed by atoms with Crippen LogP contribution in [-0.4, -0.2) is 29.3 Å². The van der Waals surface area contributed by atoms with Crippen molar-refractivity contribution in [2.45, 2.75) is 11.4 Å². The van der Waals surface area contributed by atoms with Gasteiger partial charge in [0.1, 0.15) is 10.7 Å². The number of nitrogens with zero attached hydrogens (tertiary/aromatic N) is 2. The molecule has 3 rings (SSSR count). The summed E-state index contributed by atoms with van der Waals surface area (Å²) >= 11 is 0. The minimum atomic E-state index is -4.30. The average Bonchev–Trinajstić information content (AvgIpc) is 3.02. The van der Waals surface area contributed by atoms with Crippen LogP contribution in [0.15, 0.2) is 65.8 Å². The number of hydrogen-bond acceptors (Lipinski definition) is 4. The van der Waals surface area contributed by atoms with Crippen molar-refractivity contribution in [1.29, 1.82) is 0 Å². The smallest absolute Gasteiger partial charge is 0.335 e. The number of carboxylic acids is 1. The number of aromatic nitrogens is 2. The Bertz CT molecular complexity index is 1050. The number of aromatic carboxylic acids is 1. The first-order valence-corrected chi connectivity index (χ1v) is 8.95. The summed E-state index contributed by atoms with van der Waals surface area (Å²) in [6.07, 6.45) is 2.75. The van der Waals surface area contributed by atoms with E-state index in [9.17, 15) is 17.6 Å². The van der Waals surface area contributed by atoms with Gasteiger partial charge in [-0.2, -0.15) is 5.10 Å². The Morgan fingerprint density at radius 1 is 1.19 bits per heavy atom. The Kier molecular flexibility index (Phi) is 4.72. The Balaban J connectivity index is 1.82. The highest BCUT2D eigenvalue weighted by Crippen LogP contribution is 2.20. The van der Waals surface area contributed by atoms with E-state index < -0.39 is 26.7 Å². The zero-order valence-corrected chi connectivity index (χ0v) is 14.1. The number of rotatable bonds is 6. The van der Waals surface area contributed by atoms with E-state index in [1.807, 2.05) is 30.3 Å². The van der Waals surface area contributed by atoms with Crippen LogP contribution in [-0.2, 0) is 16.6 Å². The van der Waals surface area contributed by atoms with E-state index in [0.717, 1.165) is 23.8 Å². The molecule has 0 aliphatic rings. The number of nitrogens with one attached hydrogen (secondary N) is 1. The highest BCUT2D eigenvalue weighted by molar-refractivity contribution is 7.92. The standard InChI is InChI=1S/C17H14FN3O4S/c18-15-7-6-13(17(22)23)8-16(15)26(24,25)20-14-9-19-21(11-14)10-12-4-2-1-3-5-12/h1-9,11,20H,10H2,(H,22,23). The number of anilines is 1. The van der Waals surface area contributed by atoms with Crippen LogP contribution in [0.25, 0.3) is 0 Å². The summed E-state index contributed by atoms with van der Waals surface area (Å²) in [5.74, 6) is -2.39. The first-order valence-electron chi connectivity index (χ1n) is 7.47. The molecule has 0 radical (unpaired) electrons. The maximum Gasteiger partial charge on any atom is 0.335 e. The Labute approximate surface area is 148 Å². The van der Waals surface area contributed by atoms with Crippen molar-refractivity contribution in [3.63, 3.8) is 0 Å². The minimum absolute atomic E-state index is 0.140. The number of carbonyl (C=O) groups is 1. The van der Waals surface area contributed by atoms with Crippen LogP contribution in [0.3, 0.4) is 0 Å². The second-order valence-electron chi connectivity index (χ2n) is 5.47. The summed E-state index contributed by atoms with van der Waals surface area (Å²) in [4.78, 5) is 10.2. The number of halogens is 1. The Hall–Kier alpha value is -3.20. The van der Waals surface area contributed by atoms with Crippen molar-refractivity contribution >= 4 is 21.7 Å². The van der Waals surface area contributed by atoms with Gasteiger partial charge < -0.3 is 5.11 Å². The quantitative estimate of drug-likeness (QED) is 0.690. The van der Waals surface area contributed by atoms with Gasteiger partial charge in [0.05, 0.1) is 24.0 Å². The first-order chi connectivity index (χ1) is 12.3.